The SMILES string of the molecule is CCn1c(CCNC(=O)CCc2ccc(OC)c(Br)c2)n[nH]c1=S. The van der Waals surface area contributed by atoms with E-state index in [1.165, 1.54) is 0 Å². The van der Waals surface area contributed by atoms with Gasteiger partial charge in [-0.25, -0.2) is 0 Å². The molecule has 1 aromatic carbocycles. The molecule has 1 aromatic heterocycles. The molecule has 2 rings (SSSR count). The minimum Gasteiger partial charge on any atom is -0.496 e. The number of carbonyl (C=O) groups is 1. The zero-order chi connectivity index (χ0) is 17.5. The number of carbonyl (C=O) groups excluding carboxylic acids is 1. The van der Waals surface area contributed by atoms with Gasteiger partial charge in [0.2, 0.25) is 5.91 Å². The van der Waals surface area contributed by atoms with Crippen LogP contribution in [0.2, 0.25) is 0 Å². The standard InChI is InChI=1S/C16H21BrN4O2S/c1-3-21-14(19-20-16(21)24)8-9-18-15(22)7-5-11-4-6-13(23-2)12(17)10-11/h4,6,10H,3,5,7-9H2,1-2H3,(H,18,22)(H,20,24). The van der Waals surface area contributed by atoms with E-state index in [9.17, 15) is 4.79 Å². The molecule has 0 aliphatic carbocycles. The molecule has 0 bridgehead atoms. The third-order valence-electron chi connectivity index (χ3n) is 3.68. The van der Waals surface area contributed by atoms with Crippen molar-refractivity contribution in [2.24, 2.45) is 0 Å². The molecule has 0 fully saturated rings. The molecule has 1 heterocycles. The van der Waals surface area contributed by atoms with Crippen LogP contribution in [0.25, 0.3) is 0 Å². The first-order valence-corrected chi connectivity index (χ1v) is 8.98. The van der Waals surface area contributed by atoms with Crippen LogP contribution < -0.4 is 10.1 Å². The molecule has 2 N–H and O–H groups in total. The molecule has 0 saturated heterocycles. The number of hydrogen-bond donors (Lipinski definition) is 2. The van der Waals surface area contributed by atoms with E-state index in [2.05, 4.69) is 31.4 Å². The molecular weight excluding hydrogens is 392 g/mol. The summed E-state index contributed by atoms with van der Waals surface area (Å²) in [6.45, 7) is 3.33. The number of benzene rings is 1. The Labute approximate surface area is 154 Å². The number of H-pyrrole nitrogens is 1. The summed E-state index contributed by atoms with van der Waals surface area (Å²) in [7, 11) is 1.63. The Balaban J connectivity index is 1.77. The highest BCUT2D eigenvalue weighted by atomic mass is 79.9. The molecule has 0 atom stereocenters. The van der Waals surface area contributed by atoms with Crippen molar-refractivity contribution in [2.75, 3.05) is 13.7 Å². The van der Waals surface area contributed by atoms with Gasteiger partial charge in [-0.05, 0) is 59.2 Å². The van der Waals surface area contributed by atoms with Gasteiger partial charge in [-0.15, -0.1) is 0 Å². The molecule has 0 unspecified atom stereocenters. The number of aromatic amines is 1. The Morgan fingerprint density at radius 3 is 2.92 bits per heavy atom. The van der Waals surface area contributed by atoms with Gasteiger partial charge in [0.05, 0.1) is 11.6 Å². The topological polar surface area (TPSA) is 71.9 Å². The summed E-state index contributed by atoms with van der Waals surface area (Å²) in [6.07, 6.45) is 1.78. The molecule has 8 heteroatoms. The summed E-state index contributed by atoms with van der Waals surface area (Å²) in [5.74, 6) is 1.67. The van der Waals surface area contributed by atoms with E-state index >= 15 is 0 Å². The fourth-order valence-electron chi connectivity index (χ4n) is 2.39. The van der Waals surface area contributed by atoms with E-state index in [1.54, 1.807) is 7.11 Å². The molecule has 1 amide bonds. The van der Waals surface area contributed by atoms with Gasteiger partial charge >= 0.3 is 0 Å². The van der Waals surface area contributed by atoms with Crippen molar-refractivity contribution in [3.63, 3.8) is 0 Å². The van der Waals surface area contributed by atoms with E-state index < -0.39 is 0 Å². The van der Waals surface area contributed by atoms with E-state index in [-0.39, 0.29) is 5.91 Å². The first-order valence-electron chi connectivity index (χ1n) is 7.78. The Bertz CT molecular complexity index is 757. The first kappa shape index (κ1) is 18.7. The van der Waals surface area contributed by atoms with Crippen molar-refractivity contribution in [1.29, 1.82) is 0 Å². The van der Waals surface area contributed by atoms with Crippen LogP contribution in [0.5, 0.6) is 5.75 Å². The Kier molecular flexibility index (Phi) is 6.99. The smallest absolute Gasteiger partial charge is 0.220 e. The fourth-order valence-corrected chi connectivity index (χ4v) is 3.26. The number of aryl methyl sites for hydroxylation is 1. The second-order valence-electron chi connectivity index (χ2n) is 5.26. The molecule has 0 aliphatic rings. The van der Waals surface area contributed by atoms with Crippen molar-refractivity contribution in [3.8, 4) is 5.75 Å². The number of amides is 1. The van der Waals surface area contributed by atoms with E-state index in [0.717, 1.165) is 28.2 Å². The lowest BCUT2D eigenvalue weighted by Crippen LogP contribution is -2.26. The van der Waals surface area contributed by atoms with E-state index in [0.29, 0.717) is 30.6 Å². The van der Waals surface area contributed by atoms with Crippen molar-refractivity contribution < 1.29 is 9.53 Å². The van der Waals surface area contributed by atoms with Crippen LogP contribution in [0, 0.1) is 4.77 Å². The van der Waals surface area contributed by atoms with E-state index in [1.807, 2.05) is 29.7 Å². The van der Waals surface area contributed by atoms with Crippen molar-refractivity contribution >= 4 is 34.1 Å². The number of halogens is 1. The number of aromatic nitrogens is 3. The second-order valence-corrected chi connectivity index (χ2v) is 6.50. The third kappa shape index (κ3) is 4.91. The summed E-state index contributed by atoms with van der Waals surface area (Å²) in [6, 6.07) is 5.84. The summed E-state index contributed by atoms with van der Waals surface area (Å²) < 4.78 is 8.63. The van der Waals surface area contributed by atoms with Gasteiger partial charge in [0.15, 0.2) is 4.77 Å². The number of nitrogens with one attached hydrogen (secondary N) is 2. The molecule has 0 spiro atoms. The summed E-state index contributed by atoms with van der Waals surface area (Å²) in [5.41, 5.74) is 1.09. The fraction of sp³-hybridized carbons (Fsp3) is 0.438. The lowest BCUT2D eigenvalue weighted by atomic mass is 10.1. The third-order valence-corrected chi connectivity index (χ3v) is 4.61. The average Bonchev–Trinajstić information content (AvgIpc) is 2.93. The van der Waals surface area contributed by atoms with Crippen LogP contribution in [0.3, 0.4) is 0 Å². The highest BCUT2D eigenvalue weighted by molar-refractivity contribution is 9.10. The van der Waals surface area contributed by atoms with Gasteiger partial charge in [-0.3, -0.25) is 9.89 Å². The lowest BCUT2D eigenvalue weighted by molar-refractivity contribution is -0.121. The van der Waals surface area contributed by atoms with Crippen LogP contribution in [0.4, 0.5) is 0 Å². The van der Waals surface area contributed by atoms with Crippen LogP contribution in [-0.2, 0) is 24.2 Å². The summed E-state index contributed by atoms with van der Waals surface area (Å²) in [5, 5.41) is 9.88. The Hall–Kier alpha value is -1.67. The Morgan fingerprint density at radius 1 is 1.46 bits per heavy atom. The Morgan fingerprint density at radius 2 is 2.25 bits per heavy atom. The lowest BCUT2D eigenvalue weighted by Gasteiger charge is -2.08. The number of rotatable bonds is 8. The van der Waals surface area contributed by atoms with Crippen LogP contribution in [0.1, 0.15) is 24.7 Å². The second kappa shape index (κ2) is 8.98. The molecular formula is C16H21BrN4O2S. The zero-order valence-electron chi connectivity index (χ0n) is 13.8. The van der Waals surface area contributed by atoms with Gasteiger partial charge < -0.3 is 14.6 Å². The van der Waals surface area contributed by atoms with Crippen molar-refractivity contribution in [3.05, 3.63) is 38.8 Å². The highest BCUT2D eigenvalue weighted by Gasteiger charge is 2.07. The molecule has 130 valence electrons. The number of methoxy groups -OCH3 is 1. The minimum absolute atomic E-state index is 0.0270. The molecule has 0 saturated carbocycles. The largest absolute Gasteiger partial charge is 0.496 e. The molecule has 2 aromatic rings. The maximum absolute atomic E-state index is 12.0. The predicted octanol–water partition coefficient (Wildman–Crippen LogP) is 3.02. The average molecular weight is 413 g/mol. The highest BCUT2D eigenvalue weighted by Crippen LogP contribution is 2.25. The van der Waals surface area contributed by atoms with Gasteiger partial charge in [-0.2, -0.15) is 5.10 Å². The monoisotopic (exact) mass is 412 g/mol. The number of hydrogen-bond acceptors (Lipinski definition) is 4. The molecule has 24 heavy (non-hydrogen) atoms. The minimum atomic E-state index is 0.0270. The molecule has 0 aliphatic heterocycles. The summed E-state index contributed by atoms with van der Waals surface area (Å²) in [4.78, 5) is 12.0. The van der Waals surface area contributed by atoms with Crippen LogP contribution in [-0.4, -0.2) is 34.3 Å². The number of ether oxygens (including phenoxy) is 1. The van der Waals surface area contributed by atoms with Gasteiger partial charge in [0.25, 0.3) is 0 Å². The van der Waals surface area contributed by atoms with E-state index in [4.69, 9.17) is 17.0 Å². The normalized spacial score (nSPS) is 10.6. The zero-order valence-corrected chi connectivity index (χ0v) is 16.2. The maximum Gasteiger partial charge on any atom is 0.220 e. The predicted molar refractivity (Wildman–Crippen MR) is 98.8 cm³/mol. The number of nitrogens with zero attached hydrogens (tertiary/aromatic N) is 2. The van der Waals surface area contributed by atoms with Crippen LogP contribution in [0.15, 0.2) is 22.7 Å². The van der Waals surface area contributed by atoms with Gasteiger partial charge in [0, 0.05) is 25.9 Å². The molecule has 6 nitrogen and oxygen atoms in total. The van der Waals surface area contributed by atoms with Crippen LogP contribution >= 0.6 is 28.1 Å². The summed E-state index contributed by atoms with van der Waals surface area (Å²) >= 11 is 8.59. The van der Waals surface area contributed by atoms with Crippen molar-refractivity contribution in [2.45, 2.75) is 32.7 Å². The van der Waals surface area contributed by atoms with Crippen molar-refractivity contribution in [1.82, 2.24) is 20.1 Å². The quantitative estimate of drug-likeness (QED) is 0.653. The maximum atomic E-state index is 12.0. The molecule has 0 radical (unpaired) electrons. The van der Waals surface area contributed by atoms with Gasteiger partial charge in [0.1, 0.15) is 11.6 Å². The van der Waals surface area contributed by atoms with Gasteiger partial charge in [-0.1, -0.05) is 6.07 Å². The first-order chi connectivity index (χ1) is 11.5.